The number of phenols is 1. The lowest BCUT2D eigenvalue weighted by Crippen LogP contribution is -2.44. The first-order valence-electron chi connectivity index (χ1n) is 9.76. The van der Waals surface area contributed by atoms with Gasteiger partial charge in [-0.25, -0.2) is 4.98 Å². The Morgan fingerprint density at radius 2 is 1.94 bits per heavy atom. The summed E-state index contributed by atoms with van der Waals surface area (Å²) in [6, 6.07) is 4.81. The second kappa shape index (κ2) is 6.78. The molecule has 3 aliphatic rings. The topological polar surface area (TPSA) is 151 Å². The van der Waals surface area contributed by atoms with E-state index in [0.717, 1.165) is 0 Å². The van der Waals surface area contributed by atoms with Crippen molar-refractivity contribution in [2.75, 3.05) is 0 Å². The van der Waals surface area contributed by atoms with Gasteiger partial charge in [-0.05, 0) is 24.0 Å². The number of phenolic OH excluding ortho intramolecular Hbond substituents is 1. The lowest BCUT2D eigenvalue weighted by atomic mass is 9.59. The van der Waals surface area contributed by atoms with Crippen molar-refractivity contribution in [1.29, 1.82) is 0 Å². The first kappa shape index (κ1) is 19.5. The van der Waals surface area contributed by atoms with Gasteiger partial charge in [0.05, 0.1) is 11.5 Å². The Labute approximate surface area is 180 Å². The molecule has 0 spiro atoms. The summed E-state index contributed by atoms with van der Waals surface area (Å²) in [4.78, 5) is 42.5. The monoisotopic (exact) mass is 438 g/mol. The molecule has 1 aromatic carbocycles. The maximum atomic E-state index is 13.4. The summed E-state index contributed by atoms with van der Waals surface area (Å²) in [5.74, 6) is -5.97. The van der Waals surface area contributed by atoms with E-state index in [-0.39, 0.29) is 29.1 Å². The van der Waals surface area contributed by atoms with Crippen LogP contribution in [-0.4, -0.2) is 37.8 Å². The van der Waals surface area contributed by atoms with E-state index in [1.807, 2.05) is 0 Å². The van der Waals surface area contributed by atoms with Crippen LogP contribution in [0.3, 0.4) is 0 Å². The molecule has 4 atom stereocenters. The van der Waals surface area contributed by atoms with Gasteiger partial charge in [0, 0.05) is 35.4 Å². The number of rotatable bonds is 2. The first-order valence-corrected chi connectivity index (χ1v) is 10.6. The van der Waals surface area contributed by atoms with E-state index in [2.05, 4.69) is 4.98 Å². The Balaban J connectivity index is 1.73. The van der Waals surface area contributed by atoms with Crippen molar-refractivity contribution in [3.8, 4) is 5.75 Å². The van der Waals surface area contributed by atoms with Crippen LogP contribution in [0.5, 0.6) is 5.75 Å². The molecule has 0 fully saturated rings. The van der Waals surface area contributed by atoms with Gasteiger partial charge in [0.1, 0.15) is 27.8 Å². The SMILES string of the molecule is NC(=O)C1=C(O)C[C@@H]2C[C@H]3C(=C(O)C2C1=O)C(=O)c1c(O)cccc1[C@@H]3c1nccs1. The molecule has 2 aromatic rings. The van der Waals surface area contributed by atoms with Gasteiger partial charge in [-0.15, -0.1) is 11.3 Å². The van der Waals surface area contributed by atoms with E-state index >= 15 is 0 Å². The number of ketones is 2. The molecule has 158 valence electrons. The fraction of sp³-hybridized carbons (Fsp3) is 0.273. The van der Waals surface area contributed by atoms with E-state index in [9.17, 15) is 29.7 Å². The van der Waals surface area contributed by atoms with E-state index in [1.165, 1.54) is 17.4 Å². The molecular formula is C22H18N2O6S. The lowest BCUT2D eigenvalue weighted by Gasteiger charge is -2.43. The number of hydrogen-bond donors (Lipinski definition) is 4. The summed E-state index contributed by atoms with van der Waals surface area (Å²) < 4.78 is 0. The van der Waals surface area contributed by atoms with Crippen LogP contribution in [0.2, 0.25) is 0 Å². The third-order valence-electron chi connectivity index (χ3n) is 6.49. The lowest BCUT2D eigenvalue weighted by molar-refractivity contribution is -0.126. The molecule has 8 nitrogen and oxygen atoms in total. The minimum atomic E-state index is -1.14. The van der Waals surface area contributed by atoms with E-state index in [1.54, 1.807) is 23.7 Å². The first-order chi connectivity index (χ1) is 14.8. The van der Waals surface area contributed by atoms with Crippen molar-refractivity contribution in [2.45, 2.75) is 18.8 Å². The zero-order valence-electron chi connectivity index (χ0n) is 16.1. The van der Waals surface area contributed by atoms with Crippen LogP contribution in [0, 0.1) is 17.8 Å². The Kier molecular flexibility index (Phi) is 4.26. The Hall–Kier alpha value is -3.46. The third kappa shape index (κ3) is 2.66. The number of amides is 1. The average Bonchev–Trinajstić information content (AvgIpc) is 3.21. The molecule has 1 aromatic heterocycles. The Morgan fingerprint density at radius 3 is 2.61 bits per heavy atom. The van der Waals surface area contributed by atoms with Crippen LogP contribution in [0.1, 0.15) is 39.7 Å². The summed E-state index contributed by atoms with van der Waals surface area (Å²) in [7, 11) is 0. The molecule has 0 bridgehead atoms. The quantitative estimate of drug-likeness (QED) is 0.526. The molecule has 9 heteroatoms. The van der Waals surface area contributed by atoms with Gasteiger partial charge in [0.25, 0.3) is 5.91 Å². The number of carbonyl (C=O) groups is 3. The van der Waals surface area contributed by atoms with Gasteiger partial charge in [-0.1, -0.05) is 12.1 Å². The predicted molar refractivity (Wildman–Crippen MR) is 110 cm³/mol. The van der Waals surface area contributed by atoms with Crippen LogP contribution >= 0.6 is 11.3 Å². The largest absolute Gasteiger partial charge is 0.511 e. The molecule has 3 aliphatic carbocycles. The Morgan fingerprint density at radius 1 is 1.16 bits per heavy atom. The summed E-state index contributed by atoms with van der Waals surface area (Å²) in [6.07, 6.45) is 1.96. The summed E-state index contributed by atoms with van der Waals surface area (Å²) >= 11 is 1.40. The van der Waals surface area contributed by atoms with Crippen molar-refractivity contribution in [3.63, 3.8) is 0 Å². The number of aromatic hydroxyl groups is 1. The highest BCUT2D eigenvalue weighted by Crippen LogP contribution is 2.55. The number of aliphatic hydroxyl groups is 2. The van der Waals surface area contributed by atoms with Crippen LogP contribution in [0.25, 0.3) is 0 Å². The van der Waals surface area contributed by atoms with Crippen molar-refractivity contribution < 1.29 is 29.7 Å². The molecule has 1 unspecified atom stereocenters. The smallest absolute Gasteiger partial charge is 0.255 e. The number of nitrogens with two attached hydrogens (primary N) is 1. The van der Waals surface area contributed by atoms with E-state index in [0.29, 0.717) is 17.0 Å². The summed E-state index contributed by atoms with van der Waals surface area (Å²) in [5, 5.41) is 34.4. The van der Waals surface area contributed by atoms with E-state index in [4.69, 9.17) is 5.73 Å². The molecular weight excluding hydrogens is 420 g/mol. The normalized spacial score (nSPS) is 27.6. The van der Waals surface area contributed by atoms with Crippen molar-refractivity contribution in [3.05, 3.63) is 68.6 Å². The second-order valence-electron chi connectivity index (χ2n) is 8.05. The standard InChI is InChI=1S/C22H18N2O6S/c23-21(30)17-12(26)7-8-6-10-14(22-24-4-5-31-22)9-2-1-3-11(25)15(9)20(29)16(10)18(27)13(8)19(17)28/h1-5,8,10,13-14,25-27H,6-7H2,(H2,23,30)/t8-,10+,13?,14-/m0/s1. The molecule has 5 N–H and O–H groups in total. The molecule has 1 amide bonds. The van der Waals surface area contributed by atoms with Gasteiger partial charge < -0.3 is 21.1 Å². The van der Waals surface area contributed by atoms with Crippen LogP contribution in [-0.2, 0) is 9.59 Å². The number of carbonyl (C=O) groups excluding carboxylic acids is 3. The van der Waals surface area contributed by atoms with Gasteiger partial charge >= 0.3 is 0 Å². The number of thiazole rings is 1. The molecule has 1 heterocycles. The number of benzene rings is 1. The fourth-order valence-electron chi connectivity index (χ4n) is 5.31. The highest BCUT2D eigenvalue weighted by Gasteiger charge is 2.53. The molecule has 0 aliphatic heterocycles. The maximum absolute atomic E-state index is 13.4. The van der Waals surface area contributed by atoms with Gasteiger partial charge in [0.2, 0.25) is 0 Å². The highest BCUT2D eigenvalue weighted by molar-refractivity contribution is 7.09. The summed E-state index contributed by atoms with van der Waals surface area (Å²) in [5.41, 5.74) is 5.47. The Bertz CT molecular complexity index is 1210. The summed E-state index contributed by atoms with van der Waals surface area (Å²) in [6.45, 7) is 0. The molecule has 0 saturated heterocycles. The van der Waals surface area contributed by atoms with Crippen LogP contribution in [0.4, 0.5) is 0 Å². The maximum Gasteiger partial charge on any atom is 0.255 e. The number of allylic oxidation sites excluding steroid dienone is 3. The zero-order chi connectivity index (χ0) is 22.0. The van der Waals surface area contributed by atoms with Crippen molar-refractivity contribution in [1.82, 2.24) is 4.98 Å². The molecule has 0 saturated carbocycles. The zero-order valence-corrected chi connectivity index (χ0v) is 16.9. The van der Waals surface area contributed by atoms with Crippen molar-refractivity contribution in [2.24, 2.45) is 23.5 Å². The molecule has 0 radical (unpaired) electrons. The molecule has 5 rings (SSSR count). The number of fused-ring (bicyclic) bond motifs is 3. The number of primary amides is 1. The van der Waals surface area contributed by atoms with Gasteiger partial charge in [-0.3, -0.25) is 14.4 Å². The number of Topliss-reactive ketones (excluding diaryl/α,β-unsaturated/α-hetero) is 2. The predicted octanol–water partition coefficient (Wildman–Crippen LogP) is 2.51. The minimum Gasteiger partial charge on any atom is -0.511 e. The van der Waals surface area contributed by atoms with Crippen molar-refractivity contribution >= 4 is 28.8 Å². The highest BCUT2D eigenvalue weighted by atomic mass is 32.1. The van der Waals surface area contributed by atoms with Gasteiger partial charge in [-0.2, -0.15) is 0 Å². The van der Waals surface area contributed by atoms with E-state index < -0.39 is 52.5 Å². The van der Waals surface area contributed by atoms with Gasteiger partial charge in [0.15, 0.2) is 11.6 Å². The number of hydrogen-bond acceptors (Lipinski definition) is 8. The number of aromatic nitrogens is 1. The minimum absolute atomic E-state index is 0.00576. The number of aliphatic hydroxyl groups excluding tert-OH is 2. The molecule has 31 heavy (non-hydrogen) atoms. The third-order valence-corrected chi connectivity index (χ3v) is 7.35. The number of nitrogens with zero attached hydrogens (tertiary/aromatic N) is 1. The average molecular weight is 438 g/mol. The van der Waals surface area contributed by atoms with Crippen LogP contribution in [0.15, 0.2) is 52.4 Å². The van der Waals surface area contributed by atoms with Crippen LogP contribution < -0.4 is 5.73 Å². The second-order valence-corrected chi connectivity index (χ2v) is 8.98. The fourth-order valence-corrected chi connectivity index (χ4v) is 6.13.